The lowest BCUT2D eigenvalue weighted by atomic mass is 9.85. The number of anilines is 1. The number of nitrogens with one attached hydrogen (secondary N) is 1. The van der Waals surface area contributed by atoms with Crippen molar-refractivity contribution >= 4 is 11.6 Å². The van der Waals surface area contributed by atoms with Crippen LogP contribution in [0.15, 0.2) is 18.2 Å². The topological polar surface area (TPSA) is 49.3 Å². The number of aliphatic hydroxyl groups is 1. The molecular formula is C15H16FNO2. The number of aliphatic hydroxyl groups excluding tert-OH is 1. The largest absolute Gasteiger partial charge is 0.395 e. The summed E-state index contributed by atoms with van der Waals surface area (Å²) >= 11 is 0. The standard InChI is InChI=1S/C15H16FNO2/c16-13-10-11(4-1-2-9-18)7-8-14(13)17-15(19)12-5-3-6-12/h7-8,10,12,18H,2-3,5-6,9H2,(H,17,19). The van der Waals surface area contributed by atoms with E-state index in [1.807, 2.05) is 0 Å². The number of benzene rings is 1. The van der Waals surface area contributed by atoms with Crippen molar-refractivity contribution in [2.24, 2.45) is 5.92 Å². The van der Waals surface area contributed by atoms with E-state index in [-0.39, 0.29) is 24.1 Å². The van der Waals surface area contributed by atoms with Gasteiger partial charge in [0.15, 0.2) is 0 Å². The number of carbonyl (C=O) groups excluding carboxylic acids is 1. The Morgan fingerprint density at radius 2 is 2.26 bits per heavy atom. The Balaban J connectivity index is 2.02. The Morgan fingerprint density at radius 3 is 2.84 bits per heavy atom. The fourth-order valence-electron chi connectivity index (χ4n) is 1.82. The minimum atomic E-state index is -0.483. The quantitative estimate of drug-likeness (QED) is 0.820. The predicted molar refractivity (Wildman–Crippen MR) is 71.0 cm³/mol. The molecule has 0 bridgehead atoms. The van der Waals surface area contributed by atoms with Gasteiger partial charge in [-0.2, -0.15) is 0 Å². The monoisotopic (exact) mass is 261 g/mol. The summed E-state index contributed by atoms with van der Waals surface area (Å²) < 4.78 is 13.8. The van der Waals surface area contributed by atoms with Crippen LogP contribution in [0.25, 0.3) is 0 Å². The van der Waals surface area contributed by atoms with E-state index in [4.69, 9.17) is 5.11 Å². The summed E-state index contributed by atoms with van der Waals surface area (Å²) in [7, 11) is 0. The average Bonchev–Trinajstić information content (AvgIpc) is 2.30. The van der Waals surface area contributed by atoms with E-state index in [1.165, 1.54) is 12.1 Å². The third kappa shape index (κ3) is 3.55. The molecule has 2 rings (SSSR count). The van der Waals surface area contributed by atoms with Crippen LogP contribution in [-0.4, -0.2) is 17.6 Å². The molecule has 0 heterocycles. The van der Waals surface area contributed by atoms with Gasteiger partial charge in [0.25, 0.3) is 0 Å². The van der Waals surface area contributed by atoms with Crippen molar-refractivity contribution in [2.75, 3.05) is 11.9 Å². The Hall–Kier alpha value is -1.86. The maximum absolute atomic E-state index is 13.8. The van der Waals surface area contributed by atoms with E-state index in [0.29, 0.717) is 12.0 Å². The minimum absolute atomic E-state index is 0.00892. The molecule has 0 aliphatic heterocycles. The molecule has 0 radical (unpaired) electrons. The minimum Gasteiger partial charge on any atom is -0.395 e. The highest BCUT2D eigenvalue weighted by molar-refractivity contribution is 5.93. The summed E-state index contributed by atoms with van der Waals surface area (Å²) in [5, 5.41) is 11.2. The first-order valence-corrected chi connectivity index (χ1v) is 6.41. The molecular weight excluding hydrogens is 245 g/mol. The molecule has 100 valence electrons. The molecule has 4 heteroatoms. The third-order valence-electron chi connectivity index (χ3n) is 3.17. The zero-order valence-electron chi connectivity index (χ0n) is 10.6. The smallest absolute Gasteiger partial charge is 0.227 e. The zero-order chi connectivity index (χ0) is 13.7. The molecule has 1 aromatic carbocycles. The lowest BCUT2D eigenvalue weighted by molar-refractivity contribution is -0.122. The molecule has 0 aromatic heterocycles. The number of amides is 1. The van der Waals surface area contributed by atoms with Crippen LogP contribution in [0.1, 0.15) is 31.2 Å². The summed E-state index contributed by atoms with van der Waals surface area (Å²) in [6.07, 6.45) is 3.21. The van der Waals surface area contributed by atoms with Gasteiger partial charge < -0.3 is 10.4 Å². The van der Waals surface area contributed by atoms with Crippen LogP contribution in [0.2, 0.25) is 0 Å². The summed E-state index contributed by atoms with van der Waals surface area (Å²) in [6.45, 7) is -0.00892. The average molecular weight is 261 g/mol. The Kier molecular flexibility index (Phi) is 4.53. The SMILES string of the molecule is O=C(Nc1ccc(C#CCCO)cc1F)C1CCC1. The van der Waals surface area contributed by atoms with Crippen LogP contribution in [0.4, 0.5) is 10.1 Å². The van der Waals surface area contributed by atoms with Crippen molar-refractivity contribution in [1.82, 2.24) is 0 Å². The molecule has 0 saturated heterocycles. The van der Waals surface area contributed by atoms with Crippen molar-refractivity contribution in [1.29, 1.82) is 0 Å². The first-order chi connectivity index (χ1) is 9.20. The summed E-state index contributed by atoms with van der Waals surface area (Å²) in [5.41, 5.74) is 0.734. The van der Waals surface area contributed by atoms with Crippen LogP contribution in [-0.2, 0) is 4.79 Å². The summed E-state index contributed by atoms with van der Waals surface area (Å²) in [4.78, 5) is 11.7. The van der Waals surface area contributed by atoms with Crippen LogP contribution >= 0.6 is 0 Å². The molecule has 19 heavy (non-hydrogen) atoms. The lowest BCUT2D eigenvalue weighted by Gasteiger charge is -2.24. The number of hydrogen-bond donors (Lipinski definition) is 2. The van der Waals surface area contributed by atoms with E-state index in [2.05, 4.69) is 17.2 Å². The number of halogens is 1. The summed E-state index contributed by atoms with van der Waals surface area (Å²) in [6, 6.07) is 4.47. The van der Waals surface area contributed by atoms with Crippen molar-refractivity contribution in [3.63, 3.8) is 0 Å². The molecule has 1 saturated carbocycles. The fourth-order valence-corrected chi connectivity index (χ4v) is 1.82. The maximum atomic E-state index is 13.8. The Bertz CT molecular complexity index is 527. The Labute approximate surface area is 111 Å². The molecule has 1 aliphatic rings. The van der Waals surface area contributed by atoms with Gasteiger partial charge in [0.1, 0.15) is 5.82 Å². The number of hydrogen-bond acceptors (Lipinski definition) is 2. The molecule has 0 unspecified atom stereocenters. The van der Waals surface area contributed by atoms with E-state index in [9.17, 15) is 9.18 Å². The molecule has 1 amide bonds. The van der Waals surface area contributed by atoms with Gasteiger partial charge in [-0.05, 0) is 31.0 Å². The molecule has 1 aromatic rings. The second-order valence-corrected chi connectivity index (χ2v) is 4.59. The zero-order valence-corrected chi connectivity index (χ0v) is 10.6. The van der Waals surface area contributed by atoms with Gasteiger partial charge in [-0.3, -0.25) is 4.79 Å². The van der Waals surface area contributed by atoms with Gasteiger partial charge in [-0.25, -0.2) is 4.39 Å². The van der Waals surface area contributed by atoms with Crippen LogP contribution in [0.3, 0.4) is 0 Å². The van der Waals surface area contributed by atoms with Gasteiger partial charge in [-0.15, -0.1) is 0 Å². The van der Waals surface area contributed by atoms with E-state index >= 15 is 0 Å². The van der Waals surface area contributed by atoms with Crippen molar-refractivity contribution in [3.05, 3.63) is 29.6 Å². The van der Waals surface area contributed by atoms with Crippen LogP contribution in [0, 0.1) is 23.6 Å². The highest BCUT2D eigenvalue weighted by Crippen LogP contribution is 2.28. The van der Waals surface area contributed by atoms with Gasteiger partial charge in [0.05, 0.1) is 12.3 Å². The van der Waals surface area contributed by atoms with Crippen molar-refractivity contribution < 1.29 is 14.3 Å². The summed E-state index contributed by atoms with van der Waals surface area (Å²) in [5.74, 6) is 4.91. The van der Waals surface area contributed by atoms with Crippen LogP contribution < -0.4 is 5.32 Å². The normalized spacial score (nSPS) is 14.2. The number of carbonyl (C=O) groups is 1. The lowest BCUT2D eigenvalue weighted by Crippen LogP contribution is -2.28. The molecule has 2 N–H and O–H groups in total. The van der Waals surface area contributed by atoms with Gasteiger partial charge in [0.2, 0.25) is 5.91 Å². The first-order valence-electron chi connectivity index (χ1n) is 6.41. The van der Waals surface area contributed by atoms with Crippen molar-refractivity contribution in [3.8, 4) is 11.8 Å². The maximum Gasteiger partial charge on any atom is 0.227 e. The van der Waals surface area contributed by atoms with Gasteiger partial charge in [-0.1, -0.05) is 18.3 Å². The second kappa shape index (κ2) is 6.35. The fraction of sp³-hybridized carbons (Fsp3) is 0.400. The number of rotatable bonds is 3. The second-order valence-electron chi connectivity index (χ2n) is 4.59. The van der Waals surface area contributed by atoms with E-state index in [0.717, 1.165) is 19.3 Å². The Morgan fingerprint density at radius 1 is 1.47 bits per heavy atom. The first kappa shape index (κ1) is 13.6. The molecule has 1 aliphatic carbocycles. The van der Waals surface area contributed by atoms with E-state index < -0.39 is 5.82 Å². The van der Waals surface area contributed by atoms with Crippen molar-refractivity contribution in [2.45, 2.75) is 25.7 Å². The highest BCUT2D eigenvalue weighted by atomic mass is 19.1. The molecule has 1 fully saturated rings. The molecule has 0 atom stereocenters. The predicted octanol–water partition coefficient (Wildman–Crippen LogP) is 2.30. The van der Waals surface area contributed by atoms with Gasteiger partial charge >= 0.3 is 0 Å². The highest BCUT2D eigenvalue weighted by Gasteiger charge is 2.25. The van der Waals surface area contributed by atoms with Gasteiger partial charge in [0, 0.05) is 17.9 Å². The molecule has 3 nitrogen and oxygen atoms in total. The third-order valence-corrected chi connectivity index (χ3v) is 3.17. The van der Waals surface area contributed by atoms with E-state index in [1.54, 1.807) is 6.07 Å². The van der Waals surface area contributed by atoms with Crippen LogP contribution in [0.5, 0.6) is 0 Å². The molecule has 0 spiro atoms.